The van der Waals surface area contributed by atoms with Crippen LogP contribution >= 0.6 is 0 Å². The number of hydrogen-bond acceptors (Lipinski definition) is 6. The summed E-state index contributed by atoms with van der Waals surface area (Å²) in [6.45, 7) is 0.343. The van der Waals surface area contributed by atoms with Crippen LogP contribution in [0.15, 0.2) is 42.1 Å². The molecule has 0 unspecified atom stereocenters. The topological polar surface area (TPSA) is 80.1 Å². The maximum atomic E-state index is 11.4. The molecule has 0 radical (unpaired) electrons. The van der Waals surface area contributed by atoms with Gasteiger partial charge in [0.1, 0.15) is 0 Å². The maximum Gasteiger partial charge on any atom is 0.251 e. The summed E-state index contributed by atoms with van der Waals surface area (Å²) in [4.78, 5) is 11.0. The Balaban J connectivity index is 1.61. The Morgan fingerprint density at radius 1 is 0.958 bits per heavy atom. The molecule has 7 nitrogen and oxygen atoms in total. The molecule has 122 valence electrons. The lowest BCUT2D eigenvalue weighted by atomic mass is 10.1. The fourth-order valence-corrected chi connectivity index (χ4v) is 2.62. The SMILES string of the molecule is O=[N+]([O-])/C(=C\c1ccc2c(c1)OCO2)Cc1ccc2c(c1)OCO2. The molecular formula is C17H13NO6. The Hall–Kier alpha value is -3.22. The van der Waals surface area contributed by atoms with E-state index in [0.29, 0.717) is 28.6 Å². The summed E-state index contributed by atoms with van der Waals surface area (Å²) in [6, 6.07) is 10.5. The van der Waals surface area contributed by atoms with Crippen molar-refractivity contribution >= 4 is 6.08 Å². The molecule has 0 saturated heterocycles. The third-order valence-electron chi connectivity index (χ3n) is 3.79. The summed E-state index contributed by atoms with van der Waals surface area (Å²) in [6.07, 6.45) is 1.71. The van der Waals surface area contributed by atoms with E-state index in [-0.39, 0.29) is 30.6 Å². The van der Waals surface area contributed by atoms with Gasteiger partial charge in [-0.3, -0.25) is 10.1 Å². The van der Waals surface area contributed by atoms with E-state index in [1.807, 2.05) is 0 Å². The van der Waals surface area contributed by atoms with Gasteiger partial charge in [0.05, 0.1) is 11.3 Å². The molecule has 0 N–H and O–H groups in total. The molecule has 7 heteroatoms. The number of benzene rings is 2. The van der Waals surface area contributed by atoms with Crippen molar-refractivity contribution in [3.8, 4) is 23.0 Å². The molecule has 0 aliphatic carbocycles. The highest BCUT2D eigenvalue weighted by Crippen LogP contribution is 2.34. The minimum Gasteiger partial charge on any atom is -0.454 e. The molecule has 24 heavy (non-hydrogen) atoms. The first-order chi connectivity index (χ1) is 11.7. The second kappa shape index (κ2) is 5.77. The van der Waals surface area contributed by atoms with Crippen molar-refractivity contribution in [3.63, 3.8) is 0 Å². The van der Waals surface area contributed by atoms with Gasteiger partial charge in [0.15, 0.2) is 23.0 Å². The Morgan fingerprint density at radius 2 is 1.58 bits per heavy atom. The minimum absolute atomic E-state index is 0.0766. The zero-order valence-corrected chi connectivity index (χ0v) is 12.6. The molecule has 0 spiro atoms. The smallest absolute Gasteiger partial charge is 0.251 e. The van der Waals surface area contributed by atoms with Crippen LogP contribution in [-0.4, -0.2) is 18.5 Å². The van der Waals surface area contributed by atoms with Gasteiger partial charge in [-0.05, 0) is 35.4 Å². The highest BCUT2D eigenvalue weighted by atomic mass is 16.7. The van der Waals surface area contributed by atoms with Crippen LogP contribution in [-0.2, 0) is 6.42 Å². The van der Waals surface area contributed by atoms with Gasteiger partial charge in [-0.25, -0.2) is 0 Å². The number of fused-ring (bicyclic) bond motifs is 2. The van der Waals surface area contributed by atoms with Crippen LogP contribution in [0.4, 0.5) is 0 Å². The van der Waals surface area contributed by atoms with Crippen LogP contribution in [0.3, 0.4) is 0 Å². The fourth-order valence-electron chi connectivity index (χ4n) is 2.62. The molecule has 2 heterocycles. The van der Waals surface area contributed by atoms with E-state index in [0.717, 1.165) is 5.56 Å². The van der Waals surface area contributed by atoms with E-state index in [1.54, 1.807) is 36.4 Å². The second-order valence-electron chi connectivity index (χ2n) is 5.37. The standard InChI is InChI=1S/C17H13NO6/c19-18(20)13(5-11-1-3-14-16(7-11)23-9-21-14)6-12-2-4-15-17(8-12)24-10-22-15/h1-5,7-8H,6,9-10H2/b13-5-. The van der Waals surface area contributed by atoms with Gasteiger partial charge in [-0.1, -0.05) is 12.1 Å². The first-order valence-electron chi connectivity index (χ1n) is 7.32. The summed E-state index contributed by atoms with van der Waals surface area (Å²) in [5.74, 6) is 2.50. The van der Waals surface area contributed by atoms with E-state index >= 15 is 0 Å². The number of nitrogens with zero attached hydrogens (tertiary/aromatic N) is 1. The minimum atomic E-state index is -0.380. The van der Waals surface area contributed by atoms with Gasteiger partial charge >= 0.3 is 0 Å². The Kier molecular flexibility index (Phi) is 3.45. The molecule has 2 aliphatic rings. The summed E-state index contributed by atoms with van der Waals surface area (Å²) in [5.41, 5.74) is 1.54. The first kappa shape index (κ1) is 14.4. The second-order valence-corrected chi connectivity index (χ2v) is 5.37. The van der Waals surface area contributed by atoms with Gasteiger partial charge in [0.2, 0.25) is 13.6 Å². The van der Waals surface area contributed by atoms with Gasteiger partial charge < -0.3 is 18.9 Å². The van der Waals surface area contributed by atoms with Crippen LogP contribution in [0.2, 0.25) is 0 Å². The van der Waals surface area contributed by atoms with Crippen molar-refractivity contribution in [2.24, 2.45) is 0 Å². The fraction of sp³-hybridized carbons (Fsp3) is 0.176. The maximum absolute atomic E-state index is 11.4. The molecule has 2 aliphatic heterocycles. The van der Waals surface area contributed by atoms with Crippen molar-refractivity contribution in [2.45, 2.75) is 6.42 Å². The summed E-state index contributed by atoms with van der Waals surface area (Å²) >= 11 is 0. The summed E-state index contributed by atoms with van der Waals surface area (Å²) < 4.78 is 21.1. The van der Waals surface area contributed by atoms with E-state index in [4.69, 9.17) is 18.9 Å². The predicted molar refractivity (Wildman–Crippen MR) is 83.8 cm³/mol. The van der Waals surface area contributed by atoms with E-state index in [2.05, 4.69) is 0 Å². The van der Waals surface area contributed by atoms with Crippen LogP contribution in [0.1, 0.15) is 11.1 Å². The normalized spacial score (nSPS) is 14.8. The van der Waals surface area contributed by atoms with Crippen LogP contribution in [0.25, 0.3) is 6.08 Å². The monoisotopic (exact) mass is 327 g/mol. The van der Waals surface area contributed by atoms with Gasteiger partial charge in [-0.2, -0.15) is 0 Å². The number of hydrogen-bond donors (Lipinski definition) is 0. The van der Waals surface area contributed by atoms with Crippen molar-refractivity contribution in [3.05, 3.63) is 63.3 Å². The third-order valence-corrected chi connectivity index (χ3v) is 3.79. The molecule has 2 aromatic rings. The lowest BCUT2D eigenvalue weighted by Gasteiger charge is -2.03. The number of rotatable bonds is 4. The molecule has 0 bridgehead atoms. The third kappa shape index (κ3) is 2.71. The molecule has 4 rings (SSSR count). The Bertz CT molecular complexity index is 845. The molecular weight excluding hydrogens is 314 g/mol. The van der Waals surface area contributed by atoms with Crippen molar-refractivity contribution in [2.75, 3.05) is 13.6 Å². The quantitative estimate of drug-likeness (QED) is 0.634. The molecule has 0 saturated carbocycles. The lowest BCUT2D eigenvalue weighted by Crippen LogP contribution is -2.02. The Labute approximate surface area is 137 Å². The molecule has 2 aromatic carbocycles. The largest absolute Gasteiger partial charge is 0.454 e. The van der Waals surface area contributed by atoms with Gasteiger partial charge in [0, 0.05) is 6.08 Å². The molecule has 0 aromatic heterocycles. The van der Waals surface area contributed by atoms with Gasteiger partial charge in [0.25, 0.3) is 5.70 Å². The first-order valence-corrected chi connectivity index (χ1v) is 7.32. The average Bonchev–Trinajstić information content (AvgIpc) is 3.22. The zero-order chi connectivity index (χ0) is 16.5. The summed E-state index contributed by atoms with van der Waals surface area (Å²) in [5, 5.41) is 11.4. The van der Waals surface area contributed by atoms with E-state index in [1.165, 1.54) is 6.08 Å². The highest BCUT2D eigenvalue weighted by Gasteiger charge is 2.18. The van der Waals surface area contributed by atoms with Crippen LogP contribution in [0.5, 0.6) is 23.0 Å². The predicted octanol–water partition coefficient (Wildman–Crippen LogP) is 3.00. The highest BCUT2D eigenvalue weighted by molar-refractivity contribution is 5.58. The lowest BCUT2D eigenvalue weighted by molar-refractivity contribution is -0.425. The number of allylic oxidation sites excluding steroid dienone is 1. The van der Waals surface area contributed by atoms with Crippen molar-refractivity contribution < 1.29 is 23.9 Å². The molecule has 0 fully saturated rings. The van der Waals surface area contributed by atoms with E-state index < -0.39 is 0 Å². The van der Waals surface area contributed by atoms with E-state index in [9.17, 15) is 10.1 Å². The number of ether oxygens (including phenoxy) is 4. The summed E-state index contributed by atoms with van der Waals surface area (Å²) in [7, 11) is 0. The van der Waals surface area contributed by atoms with Crippen LogP contribution in [0, 0.1) is 10.1 Å². The number of nitro groups is 1. The van der Waals surface area contributed by atoms with Crippen molar-refractivity contribution in [1.29, 1.82) is 0 Å². The zero-order valence-electron chi connectivity index (χ0n) is 12.6. The van der Waals surface area contributed by atoms with Crippen molar-refractivity contribution in [1.82, 2.24) is 0 Å². The van der Waals surface area contributed by atoms with Crippen LogP contribution < -0.4 is 18.9 Å². The average molecular weight is 327 g/mol. The molecule has 0 amide bonds. The Morgan fingerprint density at radius 3 is 2.29 bits per heavy atom. The molecule has 0 atom stereocenters. The van der Waals surface area contributed by atoms with Gasteiger partial charge in [-0.15, -0.1) is 0 Å².